The third kappa shape index (κ3) is 11.1. The third-order valence-electron chi connectivity index (χ3n) is 1.95. The van der Waals surface area contributed by atoms with E-state index in [2.05, 4.69) is 12.6 Å². The van der Waals surface area contributed by atoms with Crippen molar-refractivity contribution in [3.63, 3.8) is 0 Å². The monoisotopic (exact) mass is 241 g/mol. The number of nitrogens with zero attached hydrogens (tertiary/aromatic N) is 1. The average Bonchev–Trinajstić information content (AvgIpc) is 2.31. The van der Waals surface area contributed by atoms with Crippen molar-refractivity contribution in [3.05, 3.63) is 12.7 Å². The lowest BCUT2D eigenvalue weighted by molar-refractivity contribution is -0.137. The first kappa shape index (κ1) is 15.0. The van der Waals surface area contributed by atoms with Gasteiger partial charge in [0.2, 0.25) is 0 Å². The molecule has 0 aliphatic rings. The standard InChI is InChI=1S/C12H19NO2S/c1-2-12(14)15-9-5-3-4-6-10-16-11-7-8-13/h2H,1,3-7,9-11H2. The fraction of sp³-hybridized carbons (Fsp3) is 0.667. The van der Waals surface area contributed by atoms with Crippen LogP contribution >= 0.6 is 11.8 Å². The van der Waals surface area contributed by atoms with Gasteiger partial charge in [0.1, 0.15) is 0 Å². The molecule has 0 rings (SSSR count). The van der Waals surface area contributed by atoms with Crippen LogP contribution < -0.4 is 0 Å². The molecule has 0 aromatic carbocycles. The van der Waals surface area contributed by atoms with Crippen LogP contribution in [-0.2, 0) is 9.53 Å². The molecule has 4 heteroatoms. The van der Waals surface area contributed by atoms with Crippen molar-refractivity contribution in [2.75, 3.05) is 18.1 Å². The Kier molecular flexibility index (Phi) is 11.4. The van der Waals surface area contributed by atoms with E-state index < -0.39 is 0 Å². The van der Waals surface area contributed by atoms with Crippen molar-refractivity contribution >= 4 is 17.7 Å². The summed E-state index contributed by atoms with van der Waals surface area (Å²) in [5, 5.41) is 8.32. The van der Waals surface area contributed by atoms with Crippen LogP contribution in [-0.4, -0.2) is 24.1 Å². The topological polar surface area (TPSA) is 50.1 Å². The molecule has 0 aromatic heterocycles. The largest absolute Gasteiger partial charge is 0.463 e. The smallest absolute Gasteiger partial charge is 0.330 e. The molecule has 0 N–H and O–H groups in total. The predicted octanol–water partition coefficient (Wildman–Crippen LogP) is 2.92. The van der Waals surface area contributed by atoms with E-state index in [4.69, 9.17) is 10.00 Å². The van der Waals surface area contributed by atoms with Gasteiger partial charge in [0.15, 0.2) is 0 Å². The lowest BCUT2D eigenvalue weighted by Gasteiger charge is -2.02. The molecular formula is C12H19NO2S. The second-order valence-corrected chi connectivity index (χ2v) is 4.53. The van der Waals surface area contributed by atoms with Crippen LogP contribution in [0.15, 0.2) is 12.7 Å². The number of carbonyl (C=O) groups is 1. The molecule has 0 aliphatic carbocycles. The van der Waals surface area contributed by atoms with Gasteiger partial charge in [-0.3, -0.25) is 0 Å². The first-order chi connectivity index (χ1) is 7.81. The van der Waals surface area contributed by atoms with Crippen LogP contribution in [0.1, 0.15) is 32.1 Å². The molecule has 0 saturated carbocycles. The van der Waals surface area contributed by atoms with Gasteiger partial charge in [-0.05, 0) is 18.6 Å². The highest BCUT2D eigenvalue weighted by atomic mass is 32.2. The van der Waals surface area contributed by atoms with Gasteiger partial charge < -0.3 is 4.74 Å². The number of thioether (sulfide) groups is 1. The predicted molar refractivity (Wildman–Crippen MR) is 67.2 cm³/mol. The van der Waals surface area contributed by atoms with Crippen LogP contribution in [0.5, 0.6) is 0 Å². The summed E-state index contributed by atoms with van der Waals surface area (Å²) in [7, 11) is 0. The fourth-order valence-corrected chi connectivity index (χ4v) is 1.96. The van der Waals surface area contributed by atoms with Crippen LogP contribution in [0.3, 0.4) is 0 Å². The molecule has 0 aliphatic heterocycles. The molecule has 0 amide bonds. The normalized spacial score (nSPS) is 9.44. The van der Waals surface area contributed by atoms with Crippen LogP contribution in [0.25, 0.3) is 0 Å². The summed E-state index contributed by atoms with van der Waals surface area (Å²) in [4.78, 5) is 10.7. The van der Waals surface area contributed by atoms with Gasteiger partial charge in [-0.25, -0.2) is 4.79 Å². The summed E-state index contributed by atoms with van der Waals surface area (Å²) in [6.45, 7) is 3.82. The van der Waals surface area contributed by atoms with Gasteiger partial charge in [0, 0.05) is 18.2 Å². The fourth-order valence-electron chi connectivity index (χ4n) is 1.11. The molecular weight excluding hydrogens is 222 g/mol. The summed E-state index contributed by atoms with van der Waals surface area (Å²) in [5.41, 5.74) is 0. The Labute approximate surface area is 102 Å². The van der Waals surface area contributed by atoms with E-state index in [1.165, 1.54) is 12.5 Å². The highest BCUT2D eigenvalue weighted by molar-refractivity contribution is 7.99. The molecule has 3 nitrogen and oxygen atoms in total. The summed E-state index contributed by atoms with van der Waals surface area (Å²) in [6.07, 6.45) is 6.16. The van der Waals surface area contributed by atoms with E-state index in [0.29, 0.717) is 13.0 Å². The van der Waals surface area contributed by atoms with E-state index in [9.17, 15) is 4.79 Å². The van der Waals surface area contributed by atoms with Crippen molar-refractivity contribution in [2.45, 2.75) is 32.1 Å². The number of nitriles is 1. The number of esters is 1. The summed E-state index contributed by atoms with van der Waals surface area (Å²) in [6, 6.07) is 2.13. The highest BCUT2D eigenvalue weighted by Crippen LogP contribution is 2.08. The Morgan fingerprint density at radius 3 is 2.75 bits per heavy atom. The van der Waals surface area contributed by atoms with E-state index in [1.807, 2.05) is 11.8 Å². The Balaban J connectivity index is 3.02. The zero-order valence-electron chi connectivity index (χ0n) is 9.61. The van der Waals surface area contributed by atoms with E-state index in [1.54, 1.807) is 0 Å². The van der Waals surface area contributed by atoms with Crippen molar-refractivity contribution in [1.82, 2.24) is 0 Å². The van der Waals surface area contributed by atoms with Crippen LogP contribution in [0, 0.1) is 11.3 Å². The van der Waals surface area contributed by atoms with E-state index in [-0.39, 0.29) is 5.97 Å². The van der Waals surface area contributed by atoms with Gasteiger partial charge in [-0.1, -0.05) is 19.4 Å². The zero-order chi connectivity index (χ0) is 12.1. The minimum Gasteiger partial charge on any atom is -0.463 e. The average molecular weight is 241 g/mol. The molecule has 0 unspecified atom stereocenters. The Hall–Kier alpha value is -0.950. The highest BCUT2D eigenvalue weighted by Gasteiger charge is 1.95. The second-order valence-electron chi connectivity index (χ2n) is 3.31. The number of hydrogen-bond acceptors (Lipinski definition) is 4. The number of rotatable bonds is 10. The minimum absolute atomic E-state index is 0.341. The van der Waals surface area contributed by atoms with E-state index in [0.717, 1.165) is 30.8 Å². The second kappa shape index (κ2) is 12.1. The molecule has 0 saturated heterocycles. The van der Waals surface area contributed by atoms with Gasteiger partial charge in [-0.15, -0.1) is 0 Å². The summed E-state index contributed by atoms with van der Waals surface area (Å²) >= 11 is 1.83. The first-order valence-electron chi connectivity index (χ1n) is 5.55. The molecule has 0 fully saturated rings. The van der Waals surface area contributed by atoms with Gasteiger partial charge in [-0.2, -0.15) is 17.0 Å². The van der Waals surface area contributed by atoms with Crippen molar-refractivity contribution in [3.8, 4) is 6.07 Å². The number of hydrogen-bond donors (Lipinski definition) is 0. The van der Waals surface area contributed by atoms with Gasteiger partial charge in [0.25, 0.3) is 0 Å². The van der Waals surface area contributed by atoms with Gasteiger partial charge in [0.05, 0.1) is 12.7 Å². The van der Waals surface area contributed by atoms with Crippen molar-refractivity contribution < 1.29 is 9.53 Å². The van der Waals surface area contributed by atoms with Crippen LogP contribution in [0.4, 0.5) is 0 Å². The number of ether oxygens (including phenoxy) is 1. The lowest BCUT2D eigenvalue weighted by atomic mass is 10.2. The molecule has 0 heterocycles. The van der Waals surface area contributed by atoms with E-state index >= 15 is 0 Å². The molecule has 0 radical (unpaired) electrons. The van der Waals surface area contributed by atoms with Crippen molar-refractivity contribution in [1.29, 1.82) is 5.26 Å². The maximum atomic E-state index is 10.7. The SMILES string of the molecule is C=CC(=O)OCCCCCCSCCC#N. The molecule has 0 bridgehead atoms. The van der Waals surface area contributed by atoms with Crippen molar-refractivity contribution in [2.24, 2.45) is 0 Å². The maximum Gasteiger partial charge on any atom is 0.330 e. The Morgan fingerprint density at radius 1 is 1.31 bits per heavy atom. The third-order valence-corrected chi connectivity index (χ3v) is 3.02. The number of unbranched alkanes of at least 4 members (excludes halogenated alkanes) is 3. The number of carbonyl (C=O) groups excluding carboxylic acids is 1. The molecule has 16 heavy (non-hydrogen) atoms. The quantitative estimate of drug-likeness (QED) is 0.335. The van der Waals surface area contributed by atoms with Gasteiger partial charge >= 0.3 is 5.97 Å². The molecule has 0 spiro atoms. The first-order valence-corrected chi connectivity index (χ1v) is 6.70. The molecule has 0 aromatic rings. The van der Waals surface area contributed by atoms with Crippen LogP contribution in [0.2, 0.25) is 0 Å². The zero-order valence-corrected chi connectivity index (χ0v) is 10.4. The molecule has 0 atom stereocenters. The molecule has 90 valence electrons. The maximum absolute atomic E-state index is 10.7. The minimum atomic E-state index is -0.341. The summed E-state index contributed by atoms with van der Waals surface area (Å²) in [5.74, 6) is 1.72. The Morgan fingerprint density at radius 2 is 2.06 bits per heavy atom. The Bertz CT molecular complexity index is 236. The lowest BCUT2D eigenvalue weighted by Crippen LogP contribution is -2.01. The summed E-state index contributed by atoms with van der Waals surface area (Å²) < 4.78 is 4.85.